The smallest absolute Gasteiger partial charge is 0.0377 e. The standard InChI is InChI=1S/C16H25BrN2/c1-11(2)13-6-8-19(9-7-13)14-4-5-15(12(3)18)16(17)10-14/h4-5,10-13H,6-9,18H2,1-3H3/t12-/m0/s1. The fourth-order valence-electron chi connectivity index (χ4n) is 2.91. The Bertz CT molecular complexity index is 421. The van der Waals surface area contributed by atoms with Crippen LogP contribution in [0.4, 0.5) is 5.69 Å². The van der Waals surface area contributed by atoms with Gasteiger partial charge in [-0.15, -0.1) is 0 Å². The summed E-state index contributed by atoms with van der Waals surface area (Å²) in [5.41, 5.74) is 8.45. The average Bonchev–Trinajstić information content (AvgIpc) is 2.38. The maximum Gasteiger partial charge on any atom is 0.0377 e. The largest absolute Gasteiger partial charge is 0.371 e. The predicted octanol–water partition coefficient (Wildman–Crippen LogP) is 4.34. The Morgan fingerprint density at radius 1 is 1.21 bits per heavy atom. The molecule has 1 fully saturated rings. The second-order valence-electron chi connectivity index (χ2n) is 6.06. The van der Waals surface area contributed by atoms with Crippen LogP contribution in [0.3, 0.4) is 0 Å². The molecule has 0 radical (unpaired) electrons. The number of benzene rings is 1. The van der Waals surface area contributed by atoms with E-state index in [1.807, 2.05) is 6.92 Å². The van der Waals surface area contributed by atoms with Crippen molar-refractivity contribution in [1.82, 2.24) is 0 Å². The van der Waals surface area contributed by atoms with Gasteiger partial charge in [-0.2, -0.15) is 0 Å². The predicted molar refractivity (Wildman–Crippen MR) is 86.5 cm³/mol. The van der Waals surface area contributed by atoms with Gasteiger partial charge in [0.25, 0.3) is 0 Å². The second kappa shape index (κ2) is 6.27. The fourth-order valence-corrected chi connectivity index (χ4v) is 3.63. The maximum absolute atomic E-state index is 5.95. The van der Waals surface area contributed by atoms with Gasteiger partial charge >= 0.3 is 0 Å². The lowest BCUT2D eigenvalue weighted by molar-refractivity contribution is 0.311. The third-order valence-electron chi connectivity index (χ3n) is 4.32. The lowest BCUT2D eigenvalue weighted by Gasteiger charge is -2.35. The molecule has 106 valence electrons. The molecular formula is C16H25BrN2. The summed E-state index contributed by atoms with van der Waals surface area (Å²) >= 11 is 3.64. The van der Waals surface area contributed by atoms with E-state index in [0.717, 1.165) is 16.3 Å². The van der Waals surface area contributed by atoms with Gasteiger partial charge in [-0.1, -0.05) is 35.8 Å². The minimum Gasteiger partial charge on any atom is -0.371 e. The summed E-state index contributed by atoms with van der Waals surface area (Å²) in [5.74, 6) is 1.71. The van der Waals surface area contributed by atoms with Crippen molar-refractivity contribution in [2.75, 3.05) is 18.0 Å². The molecule has 1 aliphatic rings. The Morgan fingerprint density at radius 3 is 2.32 bits per heavy atom. The van der Waals surface area contributed by atoms with Crippen LogP contribution < -0.4 is 10.6 Å². The molecule has 1 saturated heterocycles. The molecule has 0 unspecified atom stereocenters. The third-order valence-corrected chi connectivity index (χ3v) is 5.01. The molecule has 2 nitrogen and oxygen atoms in total. The van der Waals surface area contributed by atoms with E-state index in [2.05, 4.69) is 52.9 Å². The van der Waals surface area contributed by atoms with E-state index in [1.54, 1.807) is 0 Å². The van der Waals surface area contributed by atoms with Crippen molar-refractivity contribution in [3.05, 3.63) is 28.2 Å². The number of hydrogen-bond donors (Lipinski definition) is 1. The van der Waals surface area contributed by atoms with Gasteiger partial charge < -0.3 is 10.6 Å². The molecule has 1 aromatic carbocycles. The summed E-state index contributed by atoms with van der Waals surface area (Å²) in [6.45, 7) is 9.05. The van der Waals surface area contributed by atoms with Crippen LogP contribution in [0.5, 0.6) is 0 Å². The lowest BCUT2D eigenvalue weighted by Crippen LogP contribution is -2.35. The first-order valence-corrected chi connectivity index (χ1v) is 8.08. The minimum atomic E-state index is 0.0788. The van der Waals surface area contributed by atoms with Crippen molar-refractivity contribution in [1.29, 1.82) is 0 Å². The van der Waals surface area contributed by atoms with Crippen molar-refractivity contribution in [2.24, 2.45) is 17.6 Å². The molecule has 0 aromatic heterocycles. The molecule has 0 bridgehead atoms. The van der Waals surface area contributed by atoms with Crippen molar-refractivity contribution >= 4 is 21.6 Å². The molecule has 1 aromatic rings. The molecule has 19 heavy (non-hydrogen) atoms. The molecule has 1 heterocycles. The van der Waals surface area contributed by atoms with Gasteiger partial charge in [0.1, 0.15) is 0 Å². The molecule has 3 heteroatoms. The number of hydrogen-bond acceptors (Lipinski definition) is 2. The third kappa shape index (κ3) is 3.51. The second-order valence-corrected chi connectivity index (χ2v) is 6.92. The van der Waals surface area contributed by atoms with E-state index in [4.69, 9.17) is 5.73 Å². The Morgan fingerprint density at radius 2 is 1.84 bits per heavy atom. The Kier molecular flexibility index (Phi) is 4.91. The molecule has 1 aliphatic heterocycles. The van der Waals surface area contributed by atoms with Crippen LogP contribution in [0.1, 0.15) is 45.2 Å². The Hall–Kier alpha value is -0.540. The molecule has 2 N–H and O–H groups in total. The van der Waals surface area contributed by atoms with Gasteiger partial charge in [-0.25, -0.2) is 0 Å². The molecule has 1 atom stereocenters. The quantitative estimate of drug-likeness (QED) is 0.896. The van der Waals surface area contributed by atoms with E-state index in [1.165, 1.54) is 37.2 Å². The van der Waals surface area contributed by atoms with E-state index in [-0.39, 0.29) is 6.04 Å². The number of halogens is 1. The topological polar surface area (TPSA) is 29.3 Å². The maximum atomic E-state index is 5.95. The SMILES string of the molecule is CC(C)C1CCN(c2ccc([C@H](C)N)c(Br)c2)CC1. The van der Waals surface area contributed by atoms with Gasteiger partial charge in [-0.3, -0.25) is 0 Å². The average molecular weight is 325 g/mol. The summed E-state index contributed by atoms with van der Waals surface area (Å²) in [5, 5.41) is 0. The highest BCUT2D eigenvalue weighted by atomic mass is 79.9. The number of nitrogens with zero attached hydrogens (tertiary/aromatic N) is 1. The van der Waals surface area contributed by atoms with E-state index in [0.29, 0.717) is 0 Å². The lowest BCUT2D eigenvalue weighted by atomic mass is 9.86. The number of nitrogens with two attached hydrogens (primary N) is 1. The first-order chi connectivity index (χ1) is 8.99. The van der Waals surface area contributed by atoms with E-state index >= 15 is 0 Å². The molecule has 0 saturated carbocycles. The summed E-state index contributed by atoms with van der Waals surface area (Å²) in [7, 11) is 0. The van der Waals surface area contributed by atoms with Crippen LogP contribution in [0.25, 0.3) is 0 Å². The zero-order chi connectivity index (χ0) is 14.0. The minimum absolute atomic E-state index is 0.0788. The summed E-state index contributed by atoms with van der Waals surface area (Å²) in [4.78, 5) is 2.49. The van der Waals surface area contributed by atoms with Gasteiger partial charge in [0.15, 0.2) is 0 Å². The van der Waals surface area contributed by atoms with Gasteiger partial charge in [0.05, 0.1) is 0 Å². The summed E-state index contributed by atoms with van der Waals surface area (Å²) in [6.07, 6.45) is 2.62. The van der Waals surface area contributed by atoms with Crippen LogP contribution >= 0.6 is 15.9 Å². The summed E-state index contributed by atoms with van der Waals surface area (Å²) < 4.78 is 1.13. The highest BCUT2D eigenvalue weighted by Gasteiger charge is 2.22. The van der Waals surface area contributed by atoms with E-state index in [9.17, 15) is 0 Å². The van der Waals surface area contributed by atoms with Crippen molar-refractivity contribution in [3.8, 4) is 0 Å². The first-order valence-electron chi connectivity index (χ1n) is 7.29. The number of piperidine rings is 1. The van der Waals surface area contributed by atoms with Crippen LogP contribution in [0, 0.1) is 11.8 Å². The normalized spacial score (nSPS) is 18.9. The van der Waals surface area contributed by atoms with Crippen LogP contribution in [0.15, 0.2) is 22.7 Å². The van der Waals surface area contributed by atoms with Gasteiger partial charge in [0.2, 0.25) is 0 Å². The van der Waals surface area contributed by atoms with E-state index < -0.39 is 0 Å². The summed E-state index contributed by atoms with van der Waals surface area (Å²) in [6, 6.07) is 6.65. The monoisotopic (exact) mass is 324 g/mol. The van der Waals surface area contributed by atoms with Crippen molar-refractivity contribution in [2.45, 2.75) is 39.7 Å². The van der Waals surface area contributed by atoms with Crippen LogP contribution in [-0.4, -0.2) is 13.1 Å². The molecular weight excluding hydrogens is 300 g/mol. The molecule has 0 amide bonds. The van der Waals surface area contributed by atoms with Gasteiger partial charge in [0, 0.05) is 29.3 Å². The van der Waals surface area contributed by atoms with Crippen molar-refractivity contribution in [3.63, 3.8) is 0 Å². The van der Waals surface area contributed by atoms with Crippen molar-refractivity contribution < 1.29 is 0 Å². The fraction of sp³-hybridized carbons (Fsp3) is 0.625. The van der Waals surface area contributed by atoms with Crippen LogP contribution in [0.2, 0.25) is 0 Å². The first kappa shape index (κ1) is 14.9. The van der Waals surface area contributed by atoms with Crippen LogP contribution in [-0.2, 0) is 0 Å². The Labute approximate surface area is 125 Å². The highest BCUT2D eigenvalue weighted by Crippen LogP contribution is 2.31. The highest BCUT2D eigenvalue weighted by molar-refractivity contribution is 9.10. The number of anilines is 1. The zero-order valence-electron chi connectivity index (χ0n) is 12.2. The molecule has 0 aliphatic carbocycles. The Balaban J connectivity index is 2.06. The molecule has 0 spiro atoms. The molecule has 2 rings (SSSR count). The van der Waals surface area contributed by atoms with Gasteiger partial charge in [-0.05, 0) is 49.3 Å². The number of rotatable bonds is 3. The zero-order valence-corrected chi connectivity index (χ0v) is 13.8.